The molecule has 0 spiro atoms. The van der Waals surface area contributed by atoms with Gasteiger partial charge >= 0.3 is 8.26 Å². The third-order valence-corrected chi connectivity index (χ3v) is 1.88. The number of aromatic nitrogens is 1. The van der Waals surface area contributed by atoms with E-state index in [-0.39, 0.29) is 0 Å². The van der Waals surface area contributed by atoms with Crippen LogP contribution in [0.3, 0.4) is 0 Å². The summed E-state index contributed by atoms with van der Waals surface area (Å²) in [5, 5.41) is 0.507. The van der Waals surface area contributed by atoms with Crippen molar-refractivity contribution in [3.8, 4) is 0 Å². The summed E-state index contributed by atoms with van der Waals surface area (Å²) >= 11 is 8.75. The predicted octanol–water partition coefficient (Wildman–Crippen LogP) is 3.21. The molecule has 74 valence electrons. The molecule has 0 atom stereocenters. The third kappa shape index (κ3) is 10.4. The normalized spacial score (nSPS) is 10.2. The van der Waals surface area contributed by atoms with Crippen LogP contribution in [-0.2, 0) is 8.26 Å². The van der Waals surface area contributed by atoms with Crippen LogP contribution in [0.1, 0.15) is 0 Å². The Morgan fingerprint density at radius 1 is 1.38 bits per heavy atom. The maximum absolute atomic E-state index is 9.16. The van der Waals surface area contributed by atoms with Crippen LogP contribution in [0.15, 0.2) is 22.8 Å². The molecule has 0 aliphatic carbocycles. The molecule has 3 nitrogen and oxygen atoms in total. The Hall–Kier alpha value is 0.450. The van der Waals surface area contributed by atoms with E-state index in [2.05, 4.69) is 42.3 Å². The summed E-state index contributed by atoms with van der Waals surface area (Å²) in [7, 11) is 4.81. The second kappa shape index (κ2) is 6.03. The summed E-state index contributed by atoms with van der Waals surface area (Å²) < 4.78 is 19.2. The van der Waals surface area contributed by atoms with Gasteiger partial charge in [0.25, 0.3) is 0 Å². The van der Waals surface area contributed by atoms with E-state index in [4.69, 9.17) is 20.0 Å². The summed E-state index contributed by atoms with van der Waals surface area (Å²) in [5.74, 6) is 0. The van der Waals surface area contributed by atoms with Crippen molar-refractivity contribution in [3.63, 3.8) is 0 Å². The first-order chi connectivity index (χ1) is 5.80. The van der Waals surface area contributed by atoms with E-state index in [1.54, 1.807) is 6.20 Å². The van der Waals surface area contributed by atoms with Gasteiger partial charge in [0.2, 0.25) is 0 Å². The number of hydrogen-bond donors (Lipinski definition) is 0. The average Bonchev–Trinajstić information content (AvgIpc) is 1.92. The van der Waals surface area contributed by atoms with Gasteiger partial charge in [-0.15, -0.1) is 0 Å². The van der Waals surface area contributed by atoms with Crippen LogP contribution < -0.4 is 0 Å². The van der Waals surface area contributed by atoms with E-state index >= 15 is 0 Å². The fourth-order valence-electron chi connectivity index (χ4n) is 0.366. The molecule has 0 aliphatic rings. The first-order valence-electron chi connectivity index (χ1n) is 2.71. The monoisotopic (exact) mass is 325 g/mol. The zero-order valence-corrected chi connectivity index (χ0v) is 10.6. The fourth-order valence-corrected chi connectivity index (χ4v) is 0.741. The summed E-state index contributed by atoms with van der Waals surface area (Å²) in [6.07, 6.45) is 1.65. The van der Waals surface area contributed by atoms with E-state index in [0.717, 1.165) is 4.47 Å². The van der Waals surface area contributed by atoms with Gasteiger partial charge < -0.3 is 0 Å². The third-order valence-electron chi connectivity index (χ3n) is 0.714. The minimum absolute atomic E-state index is 0.507. The molecule has 0 bridgehead atoms. The van der Waals surface area contributed by atoms with Gasteiger partial charge in [-0.25, -0.2) is 4.98 Å². The number of halogens is 4. The molecule has 1 rings (SSSR count). The highest BCUT2D eigenvalue weighted by molar-refractivity contribution is 9.10. The predicted molar refractivity (Wildman–Crippen MR) is 57.6 cm³/mol. The molecule has 1 aromatic heterocycles. The Kier molecular flexibility index (Phi) is 6.24. The summed E-state index contributed by atoms with van der Waals surface area (Å²) in [5.41, 5.74) is 0. The molecule has 0 amide bonds. The Morgan fingerprint density at radius 2 is 1.85 bits per heavy atom. The number of rotatable bonds is 0. The van der Waals surface area contributed by atoms with Crippen LogP contribution >= 0.6 is 48.9 Å². The topological polar surface area (TPSA) is 47.0 Å². The van der Waals surface area contributed by atoms with Crippen molar-refractivity contribution >= 4 is 57.2 Å². The van der Waals surface area contributed by atoms with Gasteiger partial charge in [-0.1, -0.05) is 11.6 Å². The fraction of sp³-hybridized carbons (Fsp3) is 0. The molecule has 0 aliphatic heterocycles. The molecule has 13 heavy (non-hydrogen) atoms. The Labute approximate surface area is 98.1 Å². The van der Waals surface area contributed by atoms with Crippen LogP contribution in [0.25, 0.3) is 0 Å². The maximum Gasteiger partial charge on any atom is 0.317 e. The van der Waals surface area contributed by atoms with Crippen molar-refractivity contribution < 1.29 is 8.42 Å². The Balaban J connectivity index is 0.000000252. The molecule has 0 saturated carbocycles. The van der Waals surface area contributed by atoms with E-state index in [9.17, 15) is 0 Å². The van der Waals surface area contributed by atoms with Crippen LogP contribution in [0.4, 0.5) is 0 Å². The molecule has 1 aromatic rings. The molecule has 1 heterocycles. The van der Waals surface area contributed by atoms with Crippen molar-refractivity contribution in [1.29, 1.82) is 0 Å². The van der Waals surface area contributed by atoms with Gasteiger partial charge in [0.05, 0.1) is 4.47 Å². The Morgan fingerprint density at radius 3 is 2.08 bits per heavy atom. The lowest BCUT2D eigenvalue weighted by Crippen LogP contribution is -1.71. The number of pyridine rings is 1. The highest BCUT2D eigenvalue weighted by Crippen LogP contribution is 2.17. The molecule has 0 saturated heterocycles. The molecule has 0 fully saturated rings. The smallest absolute Gasteiger partial charge is 0.243 e. The standard InChI is InChI=1S/C5H3BrClN.Cl2O2S/c6-4-2-1-3-8-5(4)7;1-5(2,3)4/h1-3H;. The molecule has 0 aromatic carbocycles. The van der Waals surface area contributed by atoms with Gasteiger partial charge in [-0.3, -0.25) is 0 Å². The van der Waals surface area contributed by atoms with E-state index in [1.165, 1.54) is 0 Å². The van der Waals surface area contributed by atoms with Crippen LogP contribution in [0, 0.1) is 0 Å². The van der Waals surface area contributed by atoms with Gasteiger partial charge in [-0.2, -0.15) is 8.42 Å². The zero-order valence-electron chi connectivity index (χ0n) is 5.92. The molecular formula is C5H3BrCl3NO2S. The van der Waals surface area contributed by atoms with Gasteiger partial charge in [0.1, 0.15) is 5.15 Å². The highest BCUT2D eigenvalue weighted by atomic mass is 79.9. The number of hydrogen-bond acceptors (Lipinski definition) is 3. The molecule has 8 heteroatoms. The van der Waals surface area contributed by atoms with E-state index < -0.39 is 8.26 Å². The number of nitrogens with zero attached hydrogens (tertiary/aromatic N) is 1. The van der Waals surface area contributed by atoms with E-state index in [1.807, 2.05) is 12.1 Å². The summed E-state index contributed by atoms with van der Waals surface area (Å²) in [6, 6.07) is 3.66. The van der Waals surface area contributed by atoms with Gasteiger partial charge in [0, 0.05) is 27.6 Å². The molecule has 0 unspecified atom stereocenters. The largest absolute Gasteiger partial charge is 0.317 e. The second-order valence-corrected chi connectivity index (χ2v) is 6.53. The summed E-state index contributed by atoms with van der Waals surface area (Å²) in [4.78, 5) is 3.80. The minimum Gasteiger partial charge on any atom is -0.243 e. The van der Waals surface area contributed by atoms with Crippen molar-refractivity contribution in [3.05, 3.63) is 28.0 Å². The van der Waals surface area contributed by atoms with Crippen molar-refractivity contribution in [1.82, 2.24) is 4.98 Å². The summed E-state index contributed by atoms with van der Waals surface area (Å²) in [6.45, 7) is 0. The quantitative estimate of drug-likeness (QED) is 0.543. The molecule has 0 N–H and O–H groups in total. The lowest BCUT2D eigenvalue weighted by Gasteiger charge is -1.88. The van der Waals surface area contributed by atoms with Crippen molar-refractivity contribution in [2.75, 3.05) is 0 Å². The second-order valence-electron chi connectivity index (χ2n) is 1.65. The van der Waals surface area contributed by atoms with Crippen LogP contribution in [0.5, 0.6) is 0 Å². The van der Waals surface area contributed by atoms with Crippen molar-refractivity contribution in [2.24, 2.45) is 0 Å². The average molecular weight is 327 g/mol. The Bertz CT molecular complexity index is 341. The first-order valence-corrected chi connectivity index (χ1v) is 7.01. The van der Waals surface area contributed by atoms with Crippen molar-refractivity contribution in [2.45, 2.75) is 0 Å². The zero-order chi connectivity index (χ0) is 10.5. The molecule has 0 radical (unpaired) electrons. The van der Waals surface area contributed by atoms with Gasteiger partial charge in [0.15, 0.2) is 0 Å². The lowest BCUT2D eigenvalue weighted by atomic mass is 10.5. The lowest BCUT2D eigenvalue weighted by molar-refractivity contribution is 0.621. The van der Waals surface area contributed by atoms with Crippen LogP contribution in [0.2, 0.25) is 5.15 Å². The van der Waals surface area contributed by atoms with E-state index in [0.29, 0.717) is 5.15 Å². The van der Waals surface area contributed by atoms with Gasteiger partial charge in [-0.05, 0) is 28.1 Å². The minimum atomic E-state index is -3.72. The first kappa shape index (κ1) is 13.4. The highest BCUT2D eigenvalue weighted by Gasteiger charge is 1.90. The maximum atomic E-state index is 9.16. The molecular weight excluding hydrogens is 324 g/mol. The van der Waals surface area contributed by atoms with Crippen LogP contribution in [-0.4, -0.2) is 13.4 Å². The SMILES string of the molecule is Clc1ncccc1Br.O=S(=O)(Cl)Cl.